The molecule has 0 saturated heterocycles. The van der Waals surface area contributed by atoms with Crippen LogP contribution in [-0.4, -0.2) is 16.3 Å². The van der Waals surface area contributed by atoms with Gasteiger partial charge in [0.1, 0.15) is 0 Å². The maximum absolute atomic E-state index is 10.8. The summed E-state index contributed by atoms with van der Waals surface area (Å²) in [6.45, 7) is 0. The van der Waals surface area contributed by atoms with Gasteiger partial charge in [0.2, 0.25) is 0 Å². The topological polar surface area (TPSA) is 45.8 Å². The van der Waals surface area contributed by atoms with Gasteiger partial charge in [-0.2, -0.15) is 0 Å². The molecule has 1 aromatic heterocycles. The molecule has 0 aliphatic heterocycles. The van der Waals surface area contributed by atoms with E-state index in [-0.39, 0.29) is 0 Å². The molecule has 76 valence electrons. The number of nitrogens with one attached hydrogen (secondary N) is 1. The Morgan fingerprint density at radius 3 is 3.00 bits per heavy atom. The van der Waals surface area contributed by atoms with Crippen LogP contribution in [0.5, 0.6) is 0 Å². The first-order valence-corrected chi connectivity index (χ1v) is 5.41. The summed E-state index contributed by atoms with van der Waals surface area (Å²) in [5.74, 6) is 0. The molecule has 2 rings (SSSR count). The number of carbonyl (C=O) groups excluding carboxylic acids is 1. The van der Waals surface area contributed by atoms with E-state index >= 15 is 0 Å². The first-order valence-electron chi connectivity index (χ1n) is 4.22. The number of carbonyl (C=O) groups is 1. The fourth-order valence-electron chi connectivity index (χ4n) is 1.13. The molecule has 0 amide bonds. The van der Waals surface area contributed by atoms with Gasteiger partial charge in [0, 0.05) is 22.9 Å². The SMILES string of the molecule is O=Cc1cccc(Cl)c1Sc1ncc[nH]1. The first-order chi connectivity index (χ1) is 7.31. The van der Waals surface area contributed by atoms with Crippen molar-refractivity contribution < 1.29 is 4.79 Å². The molecule has 0 aliphatic carbocycles. The highest BCUT2D eigenvalue weighted by Gasteiger charge is 2.09. The number of benzene rings is 1. The van der Waals surface area contributed by atoms with Gasteiger partial charge in [0.15, 0.2) is 11.4 Å². The fourth-order valence-corrected chi connectivity index (χ4v) is 2.26. The zero-order valence-corrected chi connectivity index (χ0v) is 9.18. The molecule has 2 aromatic rings. The van der Waals surface area contributed by atoms with E-state index in [4.69, 9.17) is 11.6 Å². The van der Waals surface area contributed by atoms with Crippen molar-refractivity contribution >= 4 is 29.6 Å². The Hall–Kier alpha value is -1.26. The van der Waals surface area contributed by atoms with Crippen LogP contribution in [0.25, 0.3) is 0 Å². The average molecular weight is 239 g/mol. The number of imidazole rings is 1. The molecule has 15 heavy (non-hydrogen) atoms. The Balaban J connectivity index is 2.38. The van der Waals surface area contributed by atoms with Crippen molar-refractivity contribution in [3.63, 3.8) is 0 Å². The third-order valence-corrected chi connectivity index (χ3v) is 3.30. The van der Waals surface area contributed by atoms with Gasteiger partial charge in [-0.15, -0.1) is 0 Å². The molecule has 0 unspecified atom stereocenters. The summed E-state index contributed by atoms with van der Waals surface area (Å²) in [5.41, 5.74) is 0.573. The van der Waals surface area contributed by atoms with Crippen molar-refractivity contribution in [1.82, 2.24) is 9.97 Å². The number of H-pyrrole nitrogens is 1. The lowest BCUT2D eigenvalue weighted by atomic mass is 10.2. The van der Waals surface area contributed by atoms with Crippen LogP contribution in [0.15, 0.2) is 40.6 Å². The molecule has 0 bridgehead atoms. The lowest BCUT2D eigenvalue weighted by Gasteiger charge is -2.03. The molecule has 0 fully saturated rings. The van der Waals surface area contributed by atoms with Gasteiger partial charge in [-0.25, -0.2) is 4.98 Å². The second kappa shape index (κ2) is 4.51. The molecule has 5 heteroatoms. The number of hydrogen-bond donors (Lipinski definition) is 1. The average Bonchev–Trinajstić information content (AvgIpc) is 2.74. The van der Waals surface area contributed by atoms with Crippen LogP contribution in [0, 0.1) is 0 Å². The van der Waals surface area contributed by atoms with E-state index < -0.39 is 0 Å². The predicted octanol–water partition coefficient (Wildman–Crippen LogP) is 3.03. The fraction of sp³-hybridized carbons (Fsp3) is 0. The molecule has 3 nitrogen and oxygen atoms in total. The van der Waals surface area contributed by atoms with Gasteiger partial charge in [-0.3, -0.25) is 4.79 Å². The standard InChI is InChI=1S/C10H7ClN2OS/c11-8-3-1-2-7(6-14)9(8)15-10-12-4-5-13-10/h1-6H,(H,12,13). The van der Waals surface area contributed by atoms with E-state index in [1.54, 1.807) is 30.6 Å². The Kier molecular flexibility index (Phi) is 3.08. The molecule has 1 aromatic carbocycles. The summed E-state index contributed by atoms with van der Waals surface area (Å²) < 4.78 is 0. The largest absolute Gasteiger partial charge is 0.339 e. The van der Waals surface area contributed by atoms with Crippen molar-refractivity contribution in [2.75, 3.05) is 0 Å². The van der Waals surface area contributed by atoms with Crippen LogP contribution in [0.1, 0.15) is 10.4 Å². The number of hydrogen-bond acceptors (Lipinski definition) is 3. The number of aldehydes is 1. The van der Waals surface area contributed by atoms with Gasteiger partial charge in [-0.1, -0.05) is 23.7 Å². The normalized spacial score (nSPS) is 10.2. The number of nitrogens with zero attached hydrogens (tertiary/aromatic N) is 1. The van der Waals surface area contributed by atoms with E-state index in [0.717, 1.165) is 11.2 Å². The first kappa shape index (κ1) is 10.3. The highest BCUT2D eigenvalue weighted by molar-refractivity contribution is 7.99. The minimum absolute atomic E-state index is 0.556. The summed E-state index contributed by atoms with van der Waals surface area (Å²) in [5, 5.41) is 1.27. The molecule has 0 radical (unpaired) electrons. The van der Waals surface area contributed by atoms with Gasteiger partial charge in [0.05, 0.1) is 5.02 Å². The Morgan fingerprint density at radius 1 is 1.47 bits per heavy atom. The van der Waals surface area contributed by atoms with E-state index in [1.807, 2.05) is 0 Å². The Morgan fingerprint density at radius 2 is 2.33 bits per heavy atom. The van der Waals surface area contributed by atoms with Crippen LogP contribution >= 0.6 is 23.4 Å². The zero-order valence-electron chi connectivity index (χ0n) is 7.61. The molecule has 1 heterocycles. The molecular weight excluding hydrogens is 232 g/mol. The van der Waals surface area contributed by atoms with Gasteiger partial charge < -0.3 is 4.98 Å². The number of rotatable bonds is 3. The summed E-state index contributed by atoms with van der Waals surface area (Å²) in [6, 6.07) is 5.22. The van der Waals surface area contributed by atoms with Gasteiger partial charge >= 0.3 is 0 Å². The molecular formula is C10H7ClN2OS. The van der Waals surface area contributed by atoms with Crippen LogP contribution in [0.3, 0.4) is 0 Å². The molecule has 1 N–H and O–H groups in total. The molecule has 0 saturated carbocycles. The second-order valence-corrected chi connectivity index (χ2v) is 4.18. The lowest BCUT2D eigenvalue weighted by molar-refractivity contribution is 0.112. The quantitative estimate of drug-likeness (QED) is 0.836. The van der Waals surface area contributed by atoms with Gasteiger partial charge in [0.25, 0.3) is 0 Å². The summed E-state index contributed by atoms with van der Waals surface area (Å²) in [6.07, 6.45) is 4.16. The highest BCUT2D eigenvalue weighted by atomic mass is 35.5. The summed E-state index contributed by atoms with van der Waals surface area (Å²) in [4.78, 5) is 18.5. The van der Waals surface area contributed by atoms with E-state index in [1.165, 1.54) is 11.8 Å². The van der Waals surface area contributed by atoms with E-state index in [0.29, 0.717) is 15.7 Å². The van der Waals surface area contributed by atoms with Crippen LogP contribution in [-0.2, 0) is 0 Å². The highest BCUT2D eigenvalue weighted by Crippen LogP contribution is 2.33. The van der Waals surface area contributed by atoms with Crippen molar-refractivity contribution in [3.8, 4) is 0 Å². The van der Waals surface area contributed by atoms with Crippen LogP contribution in [0.2, 0.25) is 5.02 Å². The molecule has 0 atom stereocenters. The van der Waals surface area contributed by atoms with Crippen LogP contribution in [0.4, 0.5) is 0 Å². The predicted molar refractivity (Wildman–Crippen MR) is 59.6 cm³/mol. The monoisotopic (exact) mass is 238 g/mol. The van der Waals surface area contributed by atoms with Crippen LogP contribution < -0.4 is 0 Å². The van der Waals surface area contributed by atoms with Gasteiger partial charge in [-0.05, 0) is 17.8 Å². The van der Waals surface area contributed by atoms with Crippen molar-refractivity contribution in [2.24, 2.45) is 0 Å². The van der Waals surface area contributed by atoms with Crippen molar-refractivity contribution in [3.05, 3.63) is 41.2 Å². The Bertz CT molecular complexity index is 470. The third-order valence-electron chi connectivity index (χ3n) is 1.80. The van der Waals surface area contributed by atoms with Crippen molar-refractivity contribution in [2.45, 2.75) is 10.1 Å². The maximum Gasteiger partial charge on any atom is 0.170 e. The van der Waals surface area contributed by atoms with E-state index in [9.17, 15) is 4.79 Å². The minimum atomic E-state index is 0.556. The molecule has 0 spiro atoms. The number of aromatic amines is 1. The second-order valence-electron chi connectivity index (χ2n) is 2.77. The van der Waals surface area contributed by atoms with E-state index in [2.05, 4.69) is 9.97 Å². The maximum atomic E-state index is 10.8. The Labute approximate surface area is 95.9 Å². The molecule has 0 aliphatic rings. The third kappa shape index (κ3) is 2.22. The summed E-state index contributed by atoms with van der Waals surface area (Å²) in [7, 11) is 0. The smallest absolute Gasteiger partial charge is 0.170 e. The number of aromatic nitrogens is 2. The zero-order chi connectivity index (χ0) is 10.7. The van der Waals surface area contributed by atoms with Crippen molar-refractivity contribution in [1.29, 1.82) is 0 Å². The lowest BCUT2D eigenvalue weighted by Crippen LogP contribution is -1.86. The summed E-state index contributed by atoms with van der Waals surface area (Å²) >= 11 is 7.35. The minimum Gasteiger partial charge on any atom is -0.339 e. The number of halogens is 1.